The van der Waals surface area contributed by atoms with E-state index in [-0.39, 0.29) is 31.4 Å². The van der Waals surface area contributed by atoms with Gasteiger partial charge in [-0.15, -0.1) is 0 Å². The van der Waals surface area contributed by atoms with Crippen molar-refractivity contribution in [1.29, 1.82) is 0 Å². The van der Waals surface area contributed by atoms with E-state index in [1.807, 2.05) is 56.3 Å². The Bertz CT molecular complexity index is 820. The molecular formula is C22H26N2O4. The van der Waals surface area contributed by atoms with Crippen LogP contribution in [-0.4, -0.2) is 37.6 Å². The maximum Gasteiger partial charge on any atom is 0.262 e. The van der Waals surface area contributed by atoms with Gasteiger partial charge < -0.3 is 19.7 Å². The number of anilines is 1. The summed E-state index contributed by atoms with van der Waals surface area (Å²) in [7, 11) is 0. The first-order valence-corrected chi connectivity index (χ1v) is 9.61. The highest BCUT2D eigenvalue weighted by atomic mass is 16.5. The van der Waals surface area contributed by atoms with Crippen LogP contribution in [0.4, 0.5) is 5.69 Å². The standard InChI is InChI=1S/C22H26N2O4/c1-3-13-23-22(26)20-15-24(18-6-4-5-7-19(18)28-20)21(25)12-14-27-17-10-8-16(2)9-11-17/h4-11,20H,3,12-15H2,1-2H3,(H,23,26)/t20-/m0/s1. The monoisotopic (exact) mass is 382 g/mol. The summed E-state index contributed by atoms with van der Waals surface area (Å²) in [5.74, 6) is 0.969. The molecule has 1 aliphatic heterocycles. The first-order chi connectivity index (χ1) is 13.6. The lowest BCUT2D eigenvalue weighted by Gasteiger charge is -2.34. The van der Waals surface area contributed by atoms with Gasteiger partial charge in [0, 0.05) is 6.54 Å². The largest absolute Gasteiger partial charge is 0.493 e. The van der Waals surface area contributed by atoms with Gasteiger partial charge in [0.1, 0.15) is 11.5 Å². The molecule has 28 heavy (non-hydrogen) atoms. The van der Waals surface area contributed by atoms with Crippen LogP contribution < -0.4 is 19.7 Å². The molecule has 0 fully saturated rings. The summed E-state index contributed by atoms with van der Waals surface area (Å²) in [6.45, 7) is 5.04. The summed E-state index contributed by atoms with van der Waals surface area (Å²) < 4.78 is 11.5. The van der Waals surface area contributed by atoms with Crippen LogP contribution in [0.5, 0.6) is 11.5 Å². The second-order valence-electron chi connectivity index (χ2n) is 6.78. The predicted octanol–water partition coefficient (Wildman–Crippen LogP) is 3.08. The van der Waals surface area contributed by atoms with E-state index < -0.39 is 6.10 Å². The Morgan fingerprint density at radius 1 is 1.18 bits per heavy atom. The third-order valence-corrected chi connectivity index (χ3v) is 4.52. The van der Waals surface area contributed by atoms with Gasteiger partial charge in [-0.05, 0) is 37.6 Å². The van der Waals surface area contributed by atoms with Crippen molar-refractivity contribution in [3.63, 3.8) is 0 Å². The van der Waals surface area contributed by atoms with Crippen molar-refractivity contribution >= 4 is 17.5 Å². The van der Waals surface area contributed by atoms with Crippen LogP contribution in [0.1, 0.15) is 25.3 Å². The quantitative estimate of drug-likeness (QED) is 0.799. The minimum Gasteiger partial charge on any atom is -0.493 e. The minimum absolute atomic E-state index is 0.101. The van der Waals surface area contributed by atoms with Crippen LogP contribution in [0.25, 0.3) is 0 Å². The molecule has 0 saturated carbocycles. The summed E-state index contributed by atoms with van der Waals surface area (Å²) in [5.41, 5.74) is 1.84. The number of ether oxygens (including phenoxy) is 2. The van der Waals surface area contributed by atoms with Gasteiger partial charge in [-0.3, -0.25) is 9.59 Å². The minimum atomic E-state index is -0.719. The van der Waals surface area contributed by atoms with Crippen molar-refractivity contribution in [3.05, 3.63) is 54.1 Å². The Balaban J connectivity index is 1.65. The molecule has 0 spiro atoms. The Hall–Kier alpha value is -3.02. The van der Waals surface area contributed by atoms with E-state index >= 15 is 0 Å². The van der Waals surface area contributed by atoms with Crippen molar-refractivity contribution in [3.8, 4) is 11.5 Å². The third-order valence-electron chi connectivity index (χ3n) is 4.52. The number of para-hydroxylation sites is 2. The molecular weight excluding hydrogens is 356 g/mol. The summed E-state index contributed by atoms with van der Waals surface area (Å²) >= 11 is 0. The molecule has 3 rings (SSSR count). The lowest BCUT2D eigenvalue weighted by atomic mass is 10.1. The van der Waals surface area contributed by atoms with Crippen LogP contribution in [-0.2, 0) is 9.59 Å². The zero-order chi connectivity index (χ0) is 19.9. The van der Waals surface area contributed by atoms with Crippen LogP contribution in [0.15, 0.2) is 48.5 Å². The summed E-state index contributed by atoms with van der Waals surface area (Å²) in [6.07, 6.45) is 0.336. The third kappa shape index (κ3) is 4.82. The van der Waals surface area contributed by atoms with E-state index in [0.29, 0.717) is 18.0 Å². The number of carbonyl (C=O) groups excluding carboxylic acids is 2. The first-order valence-electron chi connectivity index (χ1n) is 9.61. The van der Waals surface area contributed by atoms with Crippen molar-refractivity contribution in [2.75, 3.05) is 24.6 Å². The van der Waals surface area contributed by atoms with Gasteiger partial charge in [-0.25, -0.2) is 0 Å². The molecule has 6 heteroatoms. The van der Waals surface area contributed by atoms with Gasteiger partial charge in [-0.2, -0.15) is 0 Å². The lowest BCUT2D eigenvalue weighted by Crippen LogP contribution is -2.51. The normalized spacial score (nSPS) is 15.4. The van der Waals surface area contributed by atoms with Crippen LogP contribution >= 0.6 is 0 Å². The van der Waals surface area contributed by atoms with E-state index in [2.05, 4.69) is 5.32 Å². The fraction of sp³-hybridized carbons (Fsp3) is 0.364. The fourth-order valence-electron chi connectivity index (χ4n) is 2.99. The lowest BCUT2D eigenvalue weighted by molar-refractivity contribution is -0.128. The molecule has 1 N–H and O–H groups in total. The average Bonchev–Trinajstić information content (AvgIpc) is 2.72. The summed E-state index contributed by atoms with van der Waals surface area (Å²) in [6, 6.07) is 15.0. The SMILES string of the molecule is CCCNC(=O)[C@@H]1CN(C(=O)CCOc2ccc(C)cc2)c2ccccc2O1. The number of fused-ring (bicyclic) bond motifs is 1. The topological polar surface area (TPSA) is 67.9 Å². The predicted molar refractivity (Wildman–Crippen MR) is 108 cm³/mol. The number of benzene rings is 2. The fourth-order valence-corrected chi connectivity index (χ4v) is 2.99. The molecule has 6 nitrogen and oxygen atoms in total. The molecule has 0 bridgehead atoms. The second kappa shape index (κ2) is 9.26. The zero-order valence-corrected chi connectivity index (χ0v) is 16.3. The van der Waals surface area contributed by atoms with Crippen molar-refractivity contribution in [2.45, 2.75) is 32.8 Å². The van der Waals surface area contributed by atoms with Crippen LogP contribution in [0.3, 0.4) is 0 Å². The molecule has 0 aromatic heterocycles. The van der Waals surface area contributed by atoms with Crippen molar-refractivity contribution in [1.82, 2.24) is 5.32 Å². The number of amides is 2. The van der Waals surface area contributed by atoms with Crippen LogP contribution in [0.2, 0.25) is 0 Å². The van der Waals surface area contributed by atoms with E-state index in [1.54, 1.807) is 11.0 Å². The molecule has 1 heterocycles. The van der Waals surface area contributed by atoms with Gasteiger partial charge >= 0.3 is 0 Å². The Morgan fingerprint density at radius 2 is 1.93 bits per heavy atom. The maximum atomic E-state index is 12.8. The number of hydrogen-bond donors (Lipinski definition) is 1. The number of carbonyl (C=O) groups is 2. The van der Waals surface area contributed by atoms with Crippen molar-refractivity contribution in [2.24, 2.45) is 0 Å². The Morgan fingerprint density at radius 3 is 2.68 bits per heavy atom. The second-order valence-corrected chi connectivity index (χ2v) is 6.78. The van der Waals surface area contributed by atoms with E-state index in [0.717, 1.165) is 17.7 Å². The van der Waals surface area contributed by atoms with Gasteiger partial charge in [0.05, 0.1) is 25.3 Å². The number of nitrogens with zero attached hydrogens (tertiary/aromatic N) is 1. The highest BCUT2D eigenvalue weighted by Gasteiger charge is 2.33. The average molecular weight is 382 g/mol. The molecule has 0 radical (unpaired) electrons. The molecule has 0 saturated heterocycles. The van der Waals surface area contributed by atoms with Crippen molar-refractivity contribution < 1.29 is 19.1 Å². The zero-order valence-electron chi connectivity index (χ0n) is 16.3. The highest BCUT2D eigenvalue weighted by molar-refractivity contribution is 5.97. The molecule has 2 aromatic rings. The smallest absolute Gasteiger partial charge is 0.262 e. The number of nitrogens with one attached hydrogen (secondary N) is 1. The number of rotatable bonds is 7. The number of aryl methyl sites for hydroxylation is 1. The van der Waals surface area contributed by atoms with Gasteiger partial charge in [0.2, 0.25) is 5.91 Å². The summed E-state index contributed by atoms with van der Waals surface area (Å²) in [4.78, 5) is 26.8. The molecule has 148 valence electrons. The van der Waals surface area contributed by atoms with E-state index in [4.69, 9.17) is 9.47 Å². The van der Waals surface area contributed by atoms with Gasteiger partial charge in [0.25, 0.3) is 5.91 Å². The first kappa shape index (κ1) is 19.7. The van der Waals surface area contributed by atoms with E-state index in [1.165, 1.54) is 0 Å². The molecule has 0 unspecified atom stereocenters. The molecule has 2 aromatic carbocycles. The molecule has 2 amide bonds. The highest BCUT2D eigenvalue weighted by Crippen LogP contribution is 2.33. The van der Waals surface area contributed by atoms with Gasteiger partial charge in [-0.1, -0.05) is 36.8 Å². The Labute approximate surface area is 165 Å². The van der Waals surface area contributed by atoms with Gasteiger partial charge in [0.15, 0.2) is 6.10 Å². The molecule has 1 atom stereocenters. The Kier molecular flexibility index (Phi) is 6.53. The van der Waals surface area contributed by atoms with Crippen LogP contribution in [0, 0.1) is 6.92 Å². The molecule has 1 aliphatic rings. The number of hydrogen-bond acceptors (Lipinski definition) is 4. The van der Waals surface area contributed by atoms with E-state index in [9.17, 15) is 9.59 Å². The summed E-state index contributed by atoms with van der Waals surface area (Å²) in [5, 5.41) is 2.83. The maximum absolute atomic E-state index is 12.8. The molecule has 0 aliphatic carbocycles.